The van der Waals surface area contributed by atoms with Crippen LogP contribution in [-0.4, -0.2) is 73.6 Å². The first-order valence-corrected chi connectivity index (χ1v) is 11.2. The van der Waals surface area contributed by atoms with E-state index in [1.807, 2.05) is 6.92 Å². The van der Waals surface area contributed by atoms with Gasteiger partial charge >= 0.3 is 0 Å². The van der Waals surface area contributed by atoms with Crippen molar-refractivity contribution in [3.05, 3.63) is 17.0 Å². The molecule has 7 nitrogen and oxygen atoms in total. The highest BCUT2D eigenvalue weighted by molar-refractivity contribution is 7.91. The van der Waals surface area contributed by atoms with E-state index in [0.717, 1.165) is 4.88 Å². The number of sulfonamides is 1. The third kappa shape index (κ3) is 3.94. The number of piperidine rings is 1. The Morgan fingerprint density at radius 2 is 1.73 bits per heavy atom. The third-order valence-corrected chi connectivity index (χ3v) is 8.41. The van der Waals surface area contributed by atoms with E-state index in [2.05, 4.69) is 0 Å². The molecule has 1 atom stereocenters. The number of thiophene rings is 1. The molecule has 2 aliphatic rings. The minimum Gasteiger partial charge on any atom is -0.339 e. The quantitative estimate of drug-likeness (QED) is 0.764. The number of hydrogen-bond donors (Lipinski definition) is 0. The normalized spacial score (nSPS) is 22.5. The van der Waals surface area contributed by atoms with Crippen molar-refractivity contribution < 1.29 is 18.0 Å². The summed E-state index contributed by atoms with van der Waals surface area (Å²) in [5, 5.41) is 0. The van der Waals surface area contributed by atoms with Gasteiger partial charge in [0.2, 0.25) is 11.8 Å². The van der Waals surface area contributed by atoms with Crippen molar-refractivity contribution in [2.24, 2.45) is 5.92 Å². The van der Waals surface area contributed by atoms with Gasteiger partial charge in [-0.2, -0.15) is 4.31 Å². The molecule has 0 aliphatic carbocycles. The molecule has 0 saturated carbocycles. The zero-order valence-electron chi connectivity index (χ0n) is 15.2. The zero-order valence-corrected chi connectivity index (χ0v) is 16.8. The lowest BCUT2D eigenvalue weighted by molar-refractivity contribution is -0.142. The van der Waals surface area contributed by atoms with Crippen LogP contribution in [0.2, 0.25) is 0 Å². The summed E-state index contributed by atoms with van der Waals surface area (Å²) in [4.78, 5) is 28.7. The number of amides is 2. The maximum absolute atomic E-state index is 12.8. The number of rotatable bonds is 3. The molecule has 1 aromatic rings. The van der Waals surface area contributed by atoms with Crippen LogP contribution in [0.1, 0.15) is 24.6 Å². The summed E-state index contributed by atoms with van der Waals surface area (Å²) in [6.07, 6.45) is 1.40. The summed E-state index contributed by atoms with van der Waals surface area (Å²) in [6.45, 7) is 6.25. The number of piperazine rings is 1. The van der Waals surface area contributed by atoms with Crippen LogP contribution in [0.3, 0.4) is 0 Å². The van der Waals surface area contributed by atoms with Crippen molar-refractivity contribution in [2.75, 3.05) is 39.3 Å². The molecule has 0 radical (unpaired) electrons. The molecule has 2 saturated heterocycles. The average Bonchev–Trinajstić information content (AvgIpc) is 3.08. The first-order chi connectivity index (χ1) is 12.3. The molecule has 3 heterocycles. The van der Waals surface area contributed by atoms with Crippen LogP contribution >= 0.6 is 11.3 Å². The Morgan fingerprint density at radius 1 is 1.08 bits per heavy atom. The Labute approximate surface area is 158 Å². The van der Waals surface area contributed by atoms with Gasteiger partial charge in [0.05, 0.1) is 5.92 Å². The minimum atomic E-state index is -3.53. The maximum Gasteiger partial charge on any atom is 0.252 e. The fourth-order valence-corrected chi connectivity index (χ4v) is 6.50. The monoisotopic (exact) mass is 399 g/mol. The van der Waals surface area contributed by atoms with E-state index in [1.165, 1.54) is 22.6 Å². The number of carbonyl (C=O) groups is 2. The van der Waals surface area contributed by atoms with Gasteiger partial charge in [0.15, 0.2) is 0 Å². The van der Waals surface area contributed by atoms with E-state index in [1.54, 1.807) is 21.9 Å². The van der Waals surface area contributed by atoms with Crippen molar-refractivity contribution >= 4 is 33.2 Å². The molecule has 144 valence electrons. The molecule has 2 fully saturated rings. The van der Waals surface area contributed by atoms with Gasteiger partial charge < -0.3 is 9.80 Å². The summed E-state index contributed by atoms with van der Waals surface area (Å²) >= 11 is 1.27. The standard InChI is InChI=1S/C17H25N3O4S2/c1-13-5-6-16(25-13)26(23,24)20-7-3-4-15(12-20)17(22)19-10-8-18(9-11-19)14(2)21/h5-6,15H,3-4,7-12H2,1-2H3/t15-/m1/s1. The summed E-state index contributed by atoms with van der Waals surface area (Å²) in [6, 6.07) is 3.44. The second-order valence-electron chi connectivity index (χ2n) is 6.90. The van der Waals surface area contributed by atoms with Crippen LogP contribution in [-0.2, 0) is 19.6 Å². The SMILES string of the molecule is CC(=O)N1CCN(C(=O)[C@@H]2CCCN(S(=O)(=O)c3ccc(C)s3)C2)CC1. The second kappa shape index (κ2) is 7.66. The highest BCUT2D eigenvalue weighted by Gasteiger charge is 2.36. The van der Waals surface area contributed by atoms with Gasteiger partial charge in [-0.25, -0.2) is 8.42 Å². The van der Waals surface area contributed by atoms with E-state index in [-0.39, 0.29) is 24.3 Å². The van der Waals surface area contributed by atoms with Crippen LogP contribution in [0.4, 0.5) is 0 Å². The van der Waals surface area contributed by atoms with Crippen molar-refractivity contribution in [1.29, 1.82) is 0 Å². The van der Waals surface area contributed by atoms with Crippen molar-refractivity contribution in [1.82, 2.24) is 14.1 Å². The van der Waals surface area contributed by atoms with Crippen LogP contribution in [0.25, 0.3) is 0 Å². The van der Waals surface area contributed by atoms with E-state index in [4.69, 9.17) is 0 Å². The minimum absolute atomic E-state index is 0.00969. The van der Waals surface area contributed by atoms with Gasteiger partial charge in [-0.1, -0.05) is 0 Å². The number of nitrogens with zero attached hydrogens (tertiary/aromatic N) is 3. The summed E-state index contributed by atoms with van der Waals surface area (Å²) < 4.78 is 27.5. The number of hydrogen-bond acceptors (Lipinski definition) is 5. The molecule has 2 amide bonds. The van der Waals surface area contributed by atoms with Crippen molar-refractivity contribution in [3.8, 4) is 0 Å². The van der Waals surface area contributed by atoms with Crippen LogP contribution < -0.4 is 0 Å². The lowest BCUT2D eigenvalue weighted by Gasteiger charge is -2.38. The number of aryl methyl sites for hydroxylation is 1. The Hall–Kier alpha value is -1.45. The summed E-state index contributed by atoms with van der Waals surface area (Å²) in [5.41, 5.74) is 0. The van der Waals surface area contributed by atoms with Gasteiger partial charge in [-0.3, -0.25) is 9.59 Å². The molecule has 0 N–H and O–H groups in total. The summed E-state index contributed by atoms with van der Waals surface area (Å²) in [7, 11) is -3.53. The fraction of sp³-hybridized carbons (Fsp3) is 0.647. The third-order valence-electron chi connectivity index (χ3n) is 5.08. The molecule has 0 aromatic carbocycles. The lowest BCUT2D eigenvalue weighted by atomic mass is 9.98. The van der Waals surface area contributed by atoms with Gasteiger partial charge in [0.25, 0.3) is 10.0 Å². The fourth-order valence-electron chi connectivity index (χ4n) is 3.54. The van der Waals surface area contributed by atoms with E-state index >= 15 is 0 Å². The Kier molecular flexibility index (Phi) is 5.69. The Bertz CT molecular complexity index is 782. The molecule has 0 spiro atoms. The Balaban J connectivity index is 1.65. The summed E-state index contributed by atoms with van der Waals surface area (Å²) in [5.74, 6) is -0.266. The van der Waals surface area contributed by atoms with E-state index in [9.17, 15) is 18.0 Å². The van der Waals surface area contributed by atoms with Crippen LogP contribution in [0.5, 0.6) is 0 Å². The average molecular weight is 400 g/mol. The molecule has 0 bridgehead atoms. The second-order valence-corrected chi connectivity index (χ2v) is 10.4. The molecule has 3 rings (SSSR count). The zero-order chi connectivity index (χ0) is 18.9. The lowest BCUT2D eigenvalue weighted by Crippen LogP contribution is -2.53. The highest BCUT2D eigenvalue weighted by Crippen LogP contribution is 2.29. The highest BCUT2D eigenvalue weighted by atomic mass is 32.2. The largest absolute Gasteiger partial charge is 0.339 e. The van der Waals surface area contributed by atoms with Gasteiger partial charge in [0.1, 0.15) is 4.21 Å². The van der Waals surface area contributed by atoms with Gasteiger partial charge in [0, 0.05) is 51.1 Å². The van der Waals surface area contributed by atoms with E-state index in [0.29, 0.717) is 49.8 Å². The predicted octanol–water partition coefficient (Wildman–Crippen LogP) is 1.15. The Morgan fingerprint density at radius 3 is 2.31 bits per heavy atom. The molecule has 26 heavy (non-hydrogen) atoms. The molecule has 0 unspecified atom stereocenters. The van der Waals surface area contributed by atoms with Crippen LogP contribution in [0.15, 0.2) is 16.3 Å². The molecule has 2 aliphatic heterocycles. The molecule has 1 aromatic heterocycles. The first kappa shape index (κ1) is 19.3. The van der Waals surface area contributed by atoms with Crippen molar-refractivity contribution in [2.45, 2.75) is 30.9 Å². The van der Waals surface area contributed by atoms with Gasteiger partial charge in [-0.05, 0) is 31.9 Å². The topological polar surface area (TPSA) is 78.0 Å². The van der Waals surface area contributed by atoms with E-state index < -0.39 is 10.0 Å². The predicted molar refractivity (Wildman–Crippen MR) is 99.4 cm³/mol. The van der Waals surface area contributed by atoms with Crippen LogP contribution in [0, 0.1) is 12.8 Å². The molecular formula is C17H25N3O4S2. The maximum atomic E-state index is 12.8. The molecular weight excluding hydrogens is 374 g/mol. The van der Waals surface area contributed by atoms with Gasteiger partial charge in [-0.15, -0.1) is 11.3 Å². The molecule has 9 heteroatoms. The smallest absolute Gasteiger partial charge is 0.252 e. The number of carbonyl (C=O) groups excluding carboxylic acids is 2. The first-order valence-electron chi connectivity index (χ1n) is 8.90. The van der Waals surface area contributed by atoms with Crippen molar-refractivity contribution in [3.63, 3.8) is 0 Å².